The molecule has 3 aliphatic rings. The van der Waals surface area contributed by atoms with Crippen LogP contribution >= 0.6 is 24.8 Å². The Hall–Kier alpha value is -2.57. The third kappa shape index (κ3) is 6.18. The zero-order valence-corrected chi connectivity index (χ0v) is 24.0. The summed E-state index contributed by atoms with van der Waals surface area (Å²) >= 11 is 0. The lowest BCUT2D eigenvalue weighted by Gasteiger charge is -2.54. The summed E-state index contributed by atoms with van der Waals surface area (Å²) in [5.41, 5.74) is 4.71. The Bertz CT molecular complexity index is 1130. The molecule has 3 aromatic carbocycles. The number of halogens is 2. The van der Waals surface area contributed by atoms with E-state index in [0.29, 0.717) is 30.5 Å². The van der Waals surface area contributed by atoms with Crippen molar-refractivity contribution in [1.82, 2.24) is 10.2 Å². The number of anilines is 1. The molecule has 7 heteroatoms. The number of ether oxygens (including phenoxy) is 1. The van der Waals surface area contributed by atoms with E-state index in [1.165, 1.54) is 24.0 Å². The molecule has 3 heterocycles. The Balaban J connectivity index is 0.00000200. The van der Waals surface area contributed by atoms with Crippen LogP contribution in [-0.2, 0) is 11.3 Å². The molecule has 5 nitrogen and oxygen atoms in total. The topological polar surface area (TPSA) is 44.8 Å². The van der Waals surface area contributed by atoms with E-state index >= 15 is 0 Å². The minimum Gasteiger partial charge on any atom is -0.496 e. The molecule has 0 saturated carbocycles. The number of rotatable bonds is 8. The van der Waals surface area contributed by atoms with Crippen LogP contribution in [0.3, 0.4) is 0 Å². The Morgan fingerprint density at radius 1 is 0.974 bits per heavy atom. The molecule has 3 aromatic rings. The van der Waals surface area contributed by atoms with Crippen molar-refractivity contribution in [3.8, 4) is 5.75 Å². The Morgan fingerprint density at radius 3 is 2.08 bits per heavy atom. The van der Waals surface area contributed by atoms with E-state index < -0.39 is 0 Å². The van der Waals surface area contributed by atoms with E-state index in [0.717, 1.165) is 30.1 Å². The number of benzene rings is 3. The summed E-state index contributed by atoms with van der Waals surface area (Å²) in [7, 11) is 3.53. The average molecular weight is 557 g/mol. The number of methoxy groups -OCH3 is 1. The van der Waals surface area contributed by atoms with Crippen molar-refractivity contribution < 1.29 is 9.53 Å². The average Bonchev–Trinajstić information content (AvgIpc) is 2.93. The minimum atomic E-state index is 0. The lowest BCUT2D eigenvalue weighted by molar-refractivity contribution is -0.116. The van der Waals surface area contributed by atoms with Crippen molar-refractivity contribution >= 4 is 36.4 Å². The van der Waals surface area contributed by atoms with Crippen molar-refractivity contribution in [1.29, 1.82) is 0 Å². The maximum Gasteiger partial charge on any atom is 0.223 e. The molecule has 1 N–H and O–H groups in total. The maximum absolute atomic E-state index is 12.0. The highest BCUT2D eigenvalue weighted by Crippen LogP contribution is 2.42. The summed E-state index contributed by atoms with van der Waals surface area (Å²) in [5, 5.41) is 3.98. The van der Waals surface area contributed by atoms with E-state index in [1.807, 2.05) is 19.2 Å². The predicted molar refractivity (Wildman–Crippen MR) is 160 cm³/mol. The van der Waals surface area contributed by atoms with E-state index in [9.17, 15) is 4.79 Å². The summed E-state index contributed by atoms with van der Waals surface area (Å²) in [6.07, 6.45) is 2.46. The van der Waals surface area contributed by atoms with E-state index in [4.69, 9.17) is 4.74 Å². The van der Waals surface area contributed by atoms with Gasteiger partial charge in [0.05, 0.1) is 7.11 Å². The molecule has 2 bridgehead atoms. The molecule has 38 heavy (non-hydrogen) atoms. The maximum atomic E-state index is 12.0. The zero-order valence-electron chi connectivity index (χ0n) is 22.4. The largest absolute Gasteiger partial charge is 0.496 e. The zero-order chi connectivity index (χ0) is 25.1. The molecule has 2 unspecified atom stereocenters. The molecule has 3 fully saturated rings. The summed E-state index contributed by atoms with van der Waals surface area (Å²) < 4.78 is 5.70. The summed E-state index contributed by atoms with van der Waals surface area (Å²) in [6.45, 7) is 4.61. The second kappa shape index (κ2) is 13.5. The smallest absolute Gasteiger partial charge is 0.223 e. The van der Waals surface area contributed by atoms with Gasteiger partial charge in [-0.1, -0.05) is 60.7 Å². The molecule has 6 rings (SSSR count). The lowest BCUT2D eigenvalue weighted by Crippen LogP contribution is -2.64. The van der Waals surface area contributed by atoms with Crippen LogP contribution in [0.5, 0.6) is 5.75 Å². The van der Waals surface area contributed by atoms with E-state index in [-0.39, 0.29) is 30.7 Å². The van der Waals surface area contributed by atoms with Crippen LogP contribution in [0.15, 0.2) is 78.9 Å². The molecule has 1 amide bonds. The molecule has 0 aromatic heterocycles. The van der Waals surface area contributed by atoms with Gasteiger partial charge in [0.25, 0.3) is 0 Å². The van der Waals surface area contributed by atoms with Crippen molar-refractivity contribution in [2.75, 3.05) is 32.1 Å². The number of nitrogens with one attached hydrogen (secondary N) is 1. The fraction of sp³-hybridized carbons (Fsp3) is 0.387. The third-order valence-electron chi connectivity index (χ3n) is 8.18. The number of fused-ring (bicyclic) bond motifs is 3. The van der Waals surface area contributed by atoms with Crippen molar-refractivity contribution in [2.24, 2.45) is 5.92 Å². The standard InChI is InChI=1S/C31H37N3O2.2ClH/c1-22(35)33(2)27-14-15-28(36-3)26(20-27)21-32-30-25-16-18-34(19-17-25)31(30)29(23-10-6-4-7-11-23)24-12-8-5-9-13-24;;/h4-15,20,25,29-32H,16-19,21H2,1-3H3;2*1H. The van der Waals surface area contributed by atoms with Gasteiger partial charge in [0.15, 0.2) is 0 Å². The molecule has 204 valence electrons. The van der Waals surface area contributed by atoms with Gasteiger partial charge in [0, 0.05) is 49.8 Å². The van der Waals surface area contributed by atoms with Crippen LogP contribution in [0.2, 0.25) is 0 Å². The third-order valence-corrected chi connectivity index (χ3v) is 8.18. The monoisotopic (exact) mass is 555 g/mol. The quantitative estimate of drug-likeness (QED) is 0.375. The van der Waals surface area contributed by atoms with Crippen LogP contribution in [-0.4, -0.2) is 50.1 Å². The summed E-state index contributed by atoms with van der Waals surface area (Å²) in [6, 6.07) is 28.7. The van der Waals surface area contributed by atoms with Gasteiger partial charge in [-0.3, -0.25) is 9.69 Å². The first-order chi connectivity index (χ1) is 17.6. The van der Waals surface area contributed by atoms with Crippen molar-refractivity contribution in [3.05, 3.63) is 95.6 Å². The molecule has 3 aliphatic heterocycles. The van der Waals surface area contributed by atoms with Crippen LogP contribution in [0, 0.1) is 5.92 Å². The molecule has 0 spiro atoms. The number of hydrogen-bond acceptors (Lipinski definition) is 4. The molecule has 2 atom stereocenters. The summed E-state index contributed by atoms with van der Waals surface area (Å²) in [5.74, 6) is 1.81. The van der Waals surface area contributed by atoms with Gasteiger partial charge in [0.2, 0.25) is 5.91 Å². The SMILES string of the molecule is COc1ccc(N(C)C(C)=O)cc1CNC1C2CCN(CC2)C1C(c1ccccc1)c1ccccc1.Cl.Cl. The number of hydrogen-bond donors (Lipinski definition) is 1. The number of carbonyl (C=O) groups excluding carboxylic acids is 1. The van der Waals surface area contributed by atoms with E-state index in [2.05, 4.69) is 76.9 Å². The van der Waals surface area contributed by atoms with Crippen molar-refractivity contribution in [2.45, 2.75) is 44.3 Å². The van der Waals surface area contributed by atoms with Crippen LogP contribution in [0.4, 0.5) is 5.69 Å². The van der Waals surface area contributed by atoms with Gasteiger partial charge < -0.3 is 15.0 Å². The normalized spacial score (nSPS) is 21.8. The minimum absolute atomic E-state index is 0. The fourth-order valence-corrected chi connectivity index (χ4v) is 6.22. The van der Waals surface area contributed by atoms with Crippen LogP contribution in [0.1, 0.15) is 42.4 Å². The van der Waals surface area contributed by atoms with Gasteiger partial charge in [0.1, 0.15) is 5.75 Å². The molecule has 0 aliphatic carbocycles. The van der Waals surface area contributed by atoms with Gasteiger partial charge in [-0.25, -0.2) is 0 Å². The van der Waals surface area contributed by atoms with Gasteiger partial charge in [-0.15, -0.1) is 24.8 Å². The molecule has 0 radical (unpaired) electrons. The lowest BCUT2D eigenvalue weighted by atomic mass is 9.70. The number of nitrogens with zero attached hydrogens (tertiary/aromatic N) is 2. The van der Waals surface area contributed by atoms with Crippen LogP contribution < -0.4 is 15.0 Å². The molecular formula is C31H39Cl2N3O2. The number of carbonyl (C=O) groups is 1. The molecular weight excluding hydrogens is 517 g/mol. The second-order valence-electron chi connectivity index (χ2n) is 10.1. The Kier molecular flexibility index (Phi) is 10.6. The number of amides is 1. The first kappa shape index (κ1) is 30.0. The van der Waals surface area contributed by atoms with Gasteiger partial charge in [-0.05, 0) is 61.2 Å². The van der Waals surface area contributed by atoms with E-state index in [1.54, 1.807) is 18.9 Å². The Labute approximate surface area is 239 Å². The molecule has 3 saturated heterocycles. The first-order valence-corrected chi connectivity index (χ1v) is 13.1. The second-order valence-corrected chi connectivity index (χ2v) is 10.1. The van der Waals surface area contributed by atoms with Gasteiger partial charge in [-0.2, -0.15) is 0 Å². The Morgan fingerprint density at radius 2 is 1.55 bits per heavy atom. The summed E-state index contributed by atoms with van der Waals surface area (Å²) in [4.78, 5) is 16.4. The fourth-order valence-electron chi connectivity index (χ4n) is 6.22. The van der Waals surface area contributed by atoms with Gasteiger partial charge >= 0.3 is 0 Å². The highest BCUT2D eigenvalue weighted by atomic mass is 35.5. The highest BCUT2D eigenvalue weighted by molar-refractivity contribution is 5.91. The first-order valence-electron chi connectivity index (χ1n) is 13.1. The highest BCUT2D eigenvalue weighted by Gasteiger charge is 2.46. The van der Waals surface area contributed by atoms with Crippen molar-refractivity contribution in [3.63, 3.8) is 0 Å². The van der Waals surface area contributed by atoms with Crippen LogP contribution in [0.25, 0.3) is 0 Å². The predicted octanol–water partition coefficient (Wildman–Crippen LogP) is 5.91. The number of piperidine rings is 3.